The van der Waals surface area contributed by atoms with Gasteiger partial charge in [-0.3, -0.25) is 23.7 Å². The number of amides is 2. The number of benzene rings is 6. The summed E-state index contributed by atoms with van der Waals surface area (Å²) in [5.41, 5.74) is 3.33. The number of rotatable bonds is 5. The van der Waals surface area contributed by atoms with Crippen molar-refractivity contribution in [2.75, 3.05) is 6.54 Å². The van der Waals surface area contributed by atoms with Crippen LogP contribution in [-0.2, 0) is 0 Å². The first kappa shape index (κ1) is 23.6. The van der Waals surface area contributed by atoms with Gasteiger partial charge < -0.3 is 0 Å². The summed E-state index contributed by atoms with van der Waals surface area (Å²) in [6.07, 6.45) is 4.00. The Labute approximate surface area is 239 Å². The highest BCUT2D eigenvalue weighted by Gasteiger charge is 2.34. The molecule has 202 valence electrons. The minimum Gasteiger partial charge on any atom is -0.274 e. The van der Waals surface area contributed by atoms with Crippen LogP contribution in [-0.4, -0.2) is 32.6 Å². The minimum absolute atomic E-state index is 0.0823. The second-order valence-electron chi connectivity index (χ2n) is 11.5. The van der Waals surface area contributed by atoms with Crippen molar-refractivity contribution in [2.45, 2.75) is 32.6 Å². The zero-order chi connectivity index (χ0) is 28.3. The lowest BCUT2D eigenvalue weighted by Crippen LogP contribution is -2.40. The van der Waals surface area contributed by atoms with Crippen molar-refractivity contribution in [3.8, 4) is 0 Å². The number of unbranched alkanes of at least 4 members (excludes halogenated alkanes) is 3. The molecule has 42 heavy (non-hydrogen) atoms. The second-order valence-corrected chi connectivity index (χ2v) is 11.5. The first-order valence-corrected chi connectivity index (χ1v) is 14.7. The molecule has 0 saturated heterocycles. The molecule has 2 amide bonds. The number of fused-ring (bicyclic) bond motifs is 6. The van der Waals surface area contributed by atoms with Crippen LogP contribution < -0.4 is 5.56 Å². The van der Waals surface area contributed by atoms with Gasteiger partial charge >= 0.3 is 0 Å². The van der Waals surface area contributed by atoms with E-state index in [9.17, 15) is 14.4 Å². The first-order valence-electron chi connectivity index (χ1n) is 14.7. The van der Waals surface area contributed by atoms with Gasteiger partial charge in [-0.05, 0) is 75.1 Å². The molecule has 0 radical (unpaired) electrons. The molecule has 0 N–H and O–H groups in total. The van der Waals surface area contributed by atoms with Gasteiger partial charge in [0.05, 0.1) is 11.0 Å². The number of carbonyl (C=O) groups is 2. The molecule has 0 atom stereocenters. The fraction of sp³-hybridized carbons (Fsp3) is 0.167. The lowest BCUT2D eigenvalue weighted by Gasteiger charge is -2.28. The van der Waals surface area contributed by atoms with E-state index in [2.05, 4.69) is 19.1 Å². The molecule has 0 unspecified atom stereocenters. The number of hydrogen-bond donors (Lipinski definition) is 0. The highest BCUT2D eigenvalue weighted by molar-refractivity contribution is 6.41. The largest absolute Gasteiger partial charge is 0.274 e. The smallest absolute Gasteiger partial charge is 0.264 e. The molecule has 0 saturated carbocycles. The Morgan fingerprint density at radius 1 is 0.595 bits per heavy atom. The van der Waals surface area contributed by atoms with Gasteiger partial charge in [-0.1, -0.05) is 62.6 Å². The third-order valence-corrected chi connectivity index (χ3v) is 9.32. The molecule has 3 heterocycles. The average Bonchev–Trinajstić information content (AvgIpc) is 3.41. The quantitative estimate of drug-likeness (QED) is 0.0960. The molecular formula is C36H25N3O3. The summed E-state index contributed by atoms with van der Waals surface area (Å²) in [6, 6.07) is 23.6. The monoisotopic (exact) mass is 547 g/mol. The molecule has 8 aromatic rings. The highest BCUT2D eigenvalue weighted by atomic mass is 16.2. The van der Waals surface area contributed by atoms with Gasteiger partial charge in [-0.25, -0.2) is 4.98 Å². The van der Waals surface area contributed by atoms with Crippen LogP contribution in [0, 0.1) is 0 Å². The number of carbonyl (C=O) groups excluding carboxylic acids is 2. The summed E-state index contributed by atoms with van der Waals surface area (Å²) in [4.78, 5) is 47.6. The maximum Gasteiger partial charge on any atom is 0.264 e. The predicted octanol–water partition coefficient (Wildman–Crippen LogP) is 7.67. The minimum atomic E-state index is -0.215. The van der Waals surface area contributed by atoms with Crippen LogP contribution in [0.4, 0.5) is 0 Å². The number of imide groups is 1. The number of imidazole rings is 1. The van der Waals surface area contributed by atoms with E-state index in [1.807, 2.05) is 60.7 Å². The molecule has 6 aromatic carbocycles. The van der Waals surface area contributed by atoms with Gasteiger partial charge in [-0.2, -0.15) is 0 Å². The van der Waals surface area contributed by atoms with Crippen LogP contribution in [0.3, 0.4) is 0 Å². The van der Waals surface area contributed by atoms with E-state index in [1.54, 1.807) is 4.40 Å². The Balaban J connectivity index is 1.37. The standard InChI is InChI=1S/C36H25N3O3/c1-2-3-4-7-18-38-34(40)24-15-11-21-19-10-14-23-31-26(36(42)39-28-9-6-5-8-27(28)37-33(23)39)17-13-20(29(19)31)22-12-16-25(35(38)41)32(24)30(21)22/h5-6,8-17H,2-4,7,18H2,1H3. The first-order chi connectivity index (χ1) is 20.6. The molecule has 2 aromatic heterocycles. The molecule has 9 rings (SSSR count). The third kappa shape index (κ3) is 2.79. The van der Waals surface area contributed by atoms with Crippen molar-refractivity contribution in [3.63, 3.8) is 0 Å². The van der Waals surface area contributed by atoms with Gasteiger partial charge in [0.25, 0.3) is 17.4 Å². The van der Waals surface area contributed by atoms with Gasteiger partial charge in [0, 0.05) is 39.2 Å². The number of hydrogen-bond acceptors (Lipinski definition) is 4. The number of aromatic nitrogens is 2. The predicted molar refractivity (Wildman–Crippen MR) is 168 cm³/mol. The van der Waals surface area contributed by atoms with E-state index in [-0.39, 0.29) is 17.4 Å². The summed E-state index contributed by atoms with van der Waals surface area (Å²) >= 11 is 0. The van der Waals surface area contributed by atoms with Crippen molar-refractivity contribution >= 4 is 82.4 Å². The Morgan fingerprint density at radius 3 is 1.86 bits per heavy atom. The number of nitrogens with zero attached hydrogens (tertiary/aromatic N) is 3. The molecule has 0 aliphatic carbocycles. The Kier molecular flexibility index (Phi) is 4.62. The Hall–Kier alpha value is -5.10. The molecule has 0 fully saturated rings. The Morgan fingerprint density at radius 2 is 1.17 bits per heavy atom. The SMILES string of the molecule is CCCCCCN1C(=O)c2ccc3c4ccc5c(=O)n6c7ccccc7nc6c6ccc(c7ccc(c2c37)C1=O)c4c56. The number of para-hydroxylation sites is 2. The van der Waals surface area contributed by atoms with E-state index in [0.717, 1.165) is 85.2 Å². The van der Waals surface area contributed by atoms with Crippen molar-refractivity contribution < 1.29 is 9.59 Å². The summed E-state index contributed by atoms with van der Waals surface area (Å²) in [7, 11) is 0. The molecule has 6 heteroatoms. The van der Waals surface area contributed by atoms with Crippen LogP contribution >= 0.6 is 0 Å². The Bertz CT molecular complexity index is 2460. The van der Waals surface area contributed by atoms with Gasteiger partial charge in [0.1, 0.15) is 5.65 Å². The average molecular weight is 548 g/mol. The highest BCUT2D eigenvalue weighted by Crippen LogP contribution is 2.46. The normalized spacial score (nSPS) is 14.0. The van der Waals surface area contributed by atoms with E-state index < -0.39 is 0 Å². The molecular weight excluding hydrogens is 522 g/mol. The van der Waals surface area contributed by atoms with Crippen LogP contribution in [0.15, 0.2) is 77.6 Å². The summed E-state index contributed by atoms with van der Waals surface area (Å²) in [5.74, 6) is -0.429. The maximum absolute atomic E-state index is 13.9. The third-order valence-electron chi connectivity index (χ3n) is 9.32. The van der Waals surface area contributed by atoms with Crippen molar-refractivity contribution in [1.82, 2.24) is 14.3 Å². The van der Waals surface area contributed by atoms with Crippen molar-refractivity contribution in [1.29, 1.82) is 0 Å². The molecule has 0 bridgehead atoms. The van der Waals surface area contributed by atoms with E-state index >= 15 is 0 Å². The molecule has 1 aliphatic rings. The van der Waals surface area contributed by atoms with Crippen LogP contribution in [0.1, 0.15) is 53.3 Å². The molecule has 0 spiro atoms. The maximum atomic E-state index is 13.9. The lowest BCUT2D eigenvalue weighted by atomic mass is 9.84. The van der Waals surface area contributed by atoms with Gasteiger partial charge in [-0.15, -0.1) is 0 Å². The van der Waals surface area contributed by atoms with Crippen molar-refractivity contribution in [2.24, 2.45) is 0 Å². The van der Waals surface area contributed by atoms with E-state index in [1.165, 1.54) is 4.90 Å². The second kappa shape index (κ2) is 8.23. The fourth-order valence-electron chi connectivity index (χ4n) is 7.43. The van der Waals surface area contributed by atoms with Gasteiger partial charge in [0.15, 0.2) is 0 Å². The molecule has 6 nitrogen and oxygen atoms in total. The van der Waals surface area contributed by atoms with Crippen LogP contribution in [0.25, 0.3) is 70.5 Å². The summed E-state index contributed by atoms with van der Waals surface area (Å²) < 4.78 is 1.72. The zero-order valence-corrected chi connectivity index (χ0v) is 23.0. The topological polar surface area (TPSA) is 71.8 Å². The van der Waals surface area contributed by atoms with Crippen molar-refractivity contribution in [3.05, 3.63) is 94.3 Å². The zero-order valence-electron chi connectivity index (χ0n) is 23.0. The van der Waals surface area contributed by atoms with Gasteiger partial charge in [0.2, 0.25) is 0 Å². The van der Waals surface area contributed by atoms with E-state index in [0.29, 0.717) is 28.7 Å². The van der Waals surface area contributed by atoms with E-state index in [4.69, 9.17) is 4.98 Å². The summed E-state index contributed by atoms with van der Waals surface area (Å²) in [6.45, 7) is 2.59. The fourth-order valence-corrected chi connectivity index (χ4v) is 7.43. The van der Waals surface area contributed by atoms with Crippen LogP contribution in [0.5, 0.6) is 0 Å². The summed E-state index contributed by atoms with van der Waals surface area (Å²) in [5, 5.41) is 9.13. The molecule has 1 aliphatic heterocycles. The van der Waals surface area contributed by atoms with Crippen LogP contribution in [0.2, 0.25) is 0 Å². The lowest BCUT2D eigenvalue weighted by molar-refractivity contribution is 0.0608. The number of pyridine rings is 1.